The van der Waals surface area contributed by atoms with Crippen LogP contribution in [0.25, 0.3) is 11.0 Å². The fourth-order valence-electron chi connectivity index (χ4n) is 4.95. The van der Waals surface area contributed by atoms with Crippen LogP contribution >= 0.6 is 0 Å². The minimum atomic E-state index is -0.460. The molecule has 0 aliphatic heterocycles. The van der Waals surface area contributed by atoms with Crippen molar-refractivity contribution in [2.45, 2.75) is 98.2 Å². The van der Waals surface area contributed by atoms with Crippen molar-refractivity contribution < 1.29 is 23.8 Å². The van der Waals surface area contributed by atoms with Gasteiger partial charge in [0.05, 0.1) is 23.3 Å². The number of aryl methyl sites for hydroxylation is 1. The van der Waals surface area contributed by atoms with Crippen molar-refractivity contribution in [3.05, 3.63) is 70.5 Å². The summed E-state index contributed by atoms with van der Waals surface area (Å²) in [4.78, 5) is 28.7. The summed E-state index contributed by atoms with van der Waals surface area (Å²) < 4.78 is 11.5. The van der Waals surface area contributed by atoms with Crippen molar-refractivity contribution in [3.8, 4) is 0 Å². The van der Waals surface area contributed by atoms with Crippen LogP contribution in [0.4, 0.5) is 0 Å². The molecular formula is C34H47NO5. The third kappa shape index (κ3) is 8.77. The number of unbranched alkanes of at least 4 members (excludes halogenated alkanes) is 3. The van der Waals surface area contributed by atoms with Gasteiger partial charge in [0, 0.05) is 23.9 Å². The van der Waals surface area contributed by atoms with E-state index in [-0.39, 0.29) is 11.9 Å². The number of aliphatic hydroxyl groups excluding tert-OH is 1. The highest BCUT2D eigenvalue weighted by molar-refractivity contribution is 6.17. The summed E-state index contributed by atoms with van der Waals surface area (Å²) in [6.07, 6.45) is 6.92. The average molecular weight is 550 g/mol. The molecule has 1 N–H and O–H groups in total. The Bertz CT molecular complexity index is 1220. The third-order valence-corrected chi connectivity index (χ3v) is 7.14. The van der Waals surface area contributed by atoms with E-state index >= 15 is 0 Å². The van der Waals surface area contributed by atoms with Gasteiger partial charge in [-0.25, -0.2) is 4.79 Å². The molecule has 6 heteroatoms. The fourth-order valence-corrected chi connectivity index (χ4v) is 4.95. The highest BCUT2D eigenvalue weighted by Crippen LogP contribution is 2.31. The molecule has 0 aliphatic rings. The first-order chi connectivity index (χ1) is 19.3. The standard InChI is InChI=1S/C34H47NO5/c1-6-9-12-31-32(29-22-27(17-18-30(29)40-31)34(38)39-24(4)5)33(37)26-15-13-25(14-16-26)21-28(36)23-35(19-10-7-2)20-11-8-3/h13-18,22,24,28,36H,6-12,19-21,23H2,1-5H3. The number of rotatable bonds is 17. The molecule has 1 atom stereocenters. The topological polar surface area (TPSA) is 80.0 Å². The molecular weight excluding hydrogens is 502 g/mol. The van der Waals surface area contributed by atoms with Crippen molar-refractivity contribution in [1.82, 2.24) is 4.90 Å². The molecule has 3 rings (SSSR count). The normalized spacial score (nSPS) is 12.4. The van der Waals surface area contributed by atoms with Crippen LogP contribution in [0.15, 0.2) is 46.9 Å². The third-order valence-electron chi connectivity index (χ3n) is 7.14. The number of ether oxygens (including phenoxy) is 1. The van der Waals surface area contributed by atoms with Crippen LogP contribution in [0.2, 0.25) is 0 Å². The second-order valence-electron chi connectivity index (χ2n) is 11.1. The van der Waals surface area contributed by atoms with E-state index in [1.54, 1.807) is 18.2 Å². The number of carbonyl (C=O) groups excluding carboxylic acids is 2. The van der Waals surface area contributed by atoms with Crippen LogP contribution in [0.5, 0.6) is 0 Å². The lowest BCUT2D eigenvalue weighted by Gasteiger charge is -2.25. The Morgan fingerprint density at radius 2 is 1.52 bits per heavy atom. The Morgan fingerprint density at radius 3 is 2.12 bits per heavy atom. The van der Waals surface area contributed by atoms with Gasteiger partial charge in [-0.05, 0) is 76.4 Å². The molecule has 3 aromatic rings. The molecule has 218 valence electrons. The number of ketones is 1. The largest absolute Gasteiger partial charge is 0.460 e. The Balaban J connectivity index is 1.81. The van der Waals surface area contributed by atoms with E-state index < -0.39 is 12.1 Å². The maximum absolute atomic E-state index is 13.8. The summed E-state index contributed by atoms with van der Waals surface area (Å²) >= 11 is 0. The summed E-state index contributed by atoms with van der Waals surface area (Å²) in [6.45, 7) is 12.8. The van der Waals surface area contributed by atoms with Gasteiger partial charge in [0.2, 0.25) is 0 Å². The average Bonchev–Trinajstić information content (AvgIpc) is 3.30. The van der Waals surface area contributed by atoms with Crippen LogP contribution in [-0.2, 0) is 17.6 Å². The van der Waals surface area contributed by atoms with Crippen molar-refractivity contribution in [1.29, 1.82) is 0 Å². The molecule has 40 heavy (non-hydrogen) atoms. The van der Waals surface area contributed by atoms with E-state index in [2.05, 4.69) is 25.7 Å². The Morgan fingerprint density at radius 1 is 0.900 bits per heavy atom. The molecule has 0 amide bonds. The van der Waals surface area contributed by atoms with E-state index in [4.69, 9.17) is 9.15 Å². The maximum Gasteiger partial charge on any atom is 0.338 e. The van der Waals surface area contributed by atoms with Gasteiger partial charge in [-0.15, -0.1) is 0 Å². The van der Waals surface area contributed by atoms with Crippen molar-refractivity contribution in [2.75, 3.05) is 19.6 Å². The lowest BCUT2D eigenvalue weighted by molar-refractivity contribution is 0.0378. The first-order valence-corrected chi connectivity index (χ1v) is 15.1. The molecule has 0 radical (unpaired) electrons. The van der Waals surface area contributed by atoms with Gasteiger partial charge in [0.15, 0.2) is 5.78 Å². The first-order valence-electron chi connectivity index (χ1n) is 15.1. The second kappa shape index (κ2) is 15.7. The lowest BCUT2D eigenvalue weighted by atomic mass is 9.96. The Hall–Kier alpha value is -2.96. The molecule has 6 nitrogen and oxygen atoms in total. The monoisotopic (exact) mass is 549 g/mol. The van der Waals surface area contributed by atoms with Gasteiger partial charge < -0.3 is 19.2 Å². The number of esters is 1. The minimum absolute atomic E-state index is 0.128. The Kier molecular flexibility index (Phi) is 12.4. The molecule has 1 unspecified atom stereocenters. The zero-order valence-electron chi connectivity index (χ0n) is 25.0. The van der Waals surface area contributed by atoms with E-state index in [0.717, 1.165) is 57.2 Å². The smallest absolute Gasteiger partial charge is 0.338 e. The van der Waals surface area contributed by atoms with Crippen molar-refractivity contribution in [2.24, 2.45) is 0 Å². The number of benzene rings is 2. The molecule has 1 heterocycles. The van der Waals surface area contributed by atoms with Gasteiger partial charge >= 0.3 is 5.97 Å². The van der Waals surface area contributed by atoms with E-state index in [1.807, 2.05) is 38.1 Å². The quantitative estimate of drug-likeness (QED) is 0.140. The van der Waals surface area contributed by atoms with Gasteiger partial charge in [-0.3, -0.25) is 4.79 Å². The van der Waals surface area contributed by atoms with Crippen LogP contribution in [-0.4, -0.2) is 53.6 Å². The zero-order valence-corrected chi connectivity index (χ0v) is 25.0. The Labute approximate surface area is 239 Å². The predicted octanol–water partition coefficient (Wildman–Crippen LogP) is 7.38. The molecule has 0 fully saturated rings. The first kappa shape index (κ1) is 31.6. The SMILES string of the molecule is CCCCc1oc2ccc(C(=O)OC(C)C)cc2c1C(=O)c1ccc(CC(O)CN(CCCC)CCCC)cc1. The summed E-state index contributed by atoms with van der Waals surface area (Å²) in [7, 11) is 0. The number of furan rings is 1. The number of fused-ring (bicyclic) bond motifs is 1. The van der Waals surface area contributed by atoms with Crippen molar-refractivity contribution >= 4 is 22.7 Å². The summed E-state index contributed by atoms with van der Waals surface area (Å²) in [5.74, 6) is 0.101. The molecule has 2 aromatic carbocycles. The van der Waals surface area contributed by atoms with Crippen LogP contribution < -0.4 is 0 Å². The zero-order chi connectivity index (χ0) is 29.1. The molecule has 0 aliphatic carbocycles. The summed E-state index contributed by atoms with van der Waals surface area (Å²) in [6, 6.07) is 12.6. The molecule has 0 saturated carbocycles. The lowest BCUT2D eigenvalue weighted by Crippen LogP contribution is -2.35. The van der Waals surface area contributed by atoms with Gasteiger partial charge in [0.1, 0.15) is 11.3 Å². The molecule has 0 bridgehead atoms. The number of hydrogen-bond acceptors (Lipinski definition) is 6. The number of hydrogen-bond donors (Lipinski definition) is 1. The van der Waals surface area contributed by atoms with Crippen LogP contribution in [0.1, 0.15) is 111 Å². The van der Waals surface area contributed by atoms with Crippen LogP contribution in [0, 0.1) is 0 Å². The van der Waals surface area contributed by atoms with Gasteiger partial charge in [-0.1, -0.05) is 64.3 Å². The maximum atomic E-state index is 13.8. The summed E-state index contributed by atoms with van der Waals surface area (Å²) in [5.41, 5.74) is 3.05. The van der Waals surface area contributed by atoms with E-state index in [9.17, 15) is 14.7 Å². The number of nitrogens with zero attached hydrogens (tertiary/aromatic N) is 1. The fraction of sp³-hybridized carbons (Fsp3) is 0.529. The number of aliphatic hydroxyl groups is 1. The number of carbonyl (C=O) groups is 2. The van der Waals surface area contributed by atoms with Crippen LogP contribution in [0.3, 0.4) is 0 Å². The predicted molar refractivity (Wildman–Crippen MR) is 161 cm³/mol. The highest BCUT2D eigenvalue weighted by atomic mass is 16.5. The van der Waals surface area contributed by atoms with E-state index in [0.29, 0.717) is 52.8 Å². The molecule has 0 saturated heterocycles. The van der Waals surface area contributed by atoms with E-state index in [1.165, 1.54) is 0 Å². The second-order valence-corrected chi connectivity index (χ2v) is 11.1. The molecule has 0 spiro atoms. The van der Waals surface area contributed by atoms with Crippen molar-refractivity contribution in [3.63, 3.8) is 0 Å². The highest BCUT2D eigenvalue weighted by Gasteiger charge is 2.23. The van der Waals surface area contributed by atoms with Gasteiger partial charge in [0.25, 0.3) is 0 Å². The minimum Gasteiger partial charge on any atom is -0.460 e. The molecule has 1 aromatic heterocycles. The summed E-state index contributed by atoms with van der Waals surface area (Å²) in [5, 5.41) is 11.4. The van der Waals surface area contributed by atoms with Gasteiger partial charge in [-0.2, -0.15) is 0 Å².